The summed E-state index contributed by atoms with van der Waals surface area (Å²) >= 11 is 3.38. The zero-order chi connectivity index (χ0) is 15.2. The molecule has 21 heavy (non-hydrogen) atoms. The summed E-state index contributed by atoms with van der Waals surface area (Å²) in [6, 6.07) is 13.0. The standard InChI is InChI=1S/C16H17BrN2O2/c1-18-10-11-4-3-5-13(8-11)19-16(20)12-6-7-15(21-2)14(17)9-12/h3-9,18H,10H2,1-2H3,(H,19,20). The lowest BCUT2D eigenvalue weighted by Gasteiger charge is -2.09. The van der Waals surface area contributed by atoms with E-state index >= 15 is 0 Å². The lowest BCUT2D eigenvalue weighted by atomic mass is 10.1. The Morgan fingerprint density at radius 1 is 1.24 bits per heavy atom. The van der Waals surface area contributed by atoms with Gasteiger partial charge in [-0.15, -0.1) is 0 Å². The molecule has 0 spiro atoms. The smallest absolute Gasteiger partial charge is 0.255 e. The number of halogens is 1. The molecule has 0 heterocycles. The first-order chi connectivity index (χ1) is 10.1. The van der Waals surface area contributed by atoms with Gasteiger partial charge in [-0.25, -0.2) is 0 Å². The summed E-state index contributed by atoms with van der Waals surface area (Å²) in [5.74, 6) is 0.544. The Morgan fingerprint density at radius 2 is 2.05 bits per heavy atom. The minimum atomic E-state index is -0.153. The van der Waals surface area contributed by atoms with E-state index in [0.717, 1.165) is 22.3 Å². The fourth-order valence-corrected chi connectivity index (χ4v) is 2.51. The highest BCUT2D eigenvalue weighted by atomic mass is 79.9. The Balaban J connectivity index is 2.14. The van der Waals surface area contributed by atoms with Gasteiger partial charge in [0.05, 0.1) is 11.6 Å². The Kier molecular flexibility index (Phi) is 5.36. The number of anilines is 1. The third-order valence-corrected chi connectivity index (χ3v) is 3.60. The van der Waals surface area contributed by atoms with Crippen molar-refractivity contribution in [1.82, 2.24) is 5.32 Å². The minimum absolute atomic E-state index is 0.153. The van der Waals surface area contributed by atoms with Crippen molar-refractivity contribution in [3.05, 3.63) is 58.1 Å². The normalized spacial score (nSPS) is 10.2. The highest BCUT2D eigenvalue weighted by Crippen LogP contribution is 2.26. The van der Waals surface area contributed by atoms with Gasteiger partial charge in [-0.05, 0) is 58.9 Å². The maximum absolute atomic E-state index is 12.2. The highest BCUT2D eigenvalue weighted by molar-refractivity contribution is 9.10. The van der Waals surface area contributed by atoms with Crippen LogP contribution in [0.15, 0.2) is 46.9 Å². The van der Waals surface area contributed by atoms with Crippen LogP contribution in [0.5, 0.6) is 5.75 Å². The molecule has 2 rings (SSSR count). The van der Waals surface area contributed by atoms with Crippen molar-refractivity contribution in [2.75, 3.05) is 19.5 Å². The number of rotatable bonds is 5. The topological polar surface area (TPSA) is 50.4 Å². The van der Waals surface area contributed by atoms with E-state index in [0.29, 0.717) is 11.3 Å². The second-order valence-corrected chi connectivity index (χ2v) is 5.39. The van der Waals surface area contributed by atoms with Crippen molar-refractivity contribution < 1.29 is 9.53 Å². The number of ether oxygens (including phenoxy) is 1. The van der Waals surface area contributed by atoms with Gasteiger partial charge < -0.3 is 15.4 Å². The summed E-state index contributed by atoms with van der Waals surface area (Å²) in [6.45, 7) is 0.762. The van der Waals surface area contributed by atoms with Crippen LogP contribution in [0.25, 0.3) is 0 Å². The van der Waals surface area contributed by atoms with Crippen LogP contribution in [-0.4, -0.2) is 20.1 Å². The van der Waals surface area contributed by atoms with Crippen LogP contribution in [0.3, 0.4) is 0 Å². The largest absolute Gasteiger partial charge is 0.496 e. The molecule has 0 atom stereocenters. The number of carbonyl (C=O) groups is 1. The van der Waals surface area contributed by atoms with E-state index in [9.17, 15) is 4.79 Å². The molecule has 0 bridgehead atoms. The molecule has 0 radical (unpaired) electrons. The molecule has 1 amide bonds. The molecule has 0 saturated heterocycles. The van der Waals surface area contributed by atoms with Gasteiger partial charge in [-0.3, -0.25) is 4.79 Å². The van der Waals surface area contributed by atoms with Crippen molar-refractivity contribution in [2.45, 2.75) is 6.54 Å². The van der Waals surface area contributed by atoms with Crippen molar-refractivity contribution >= 4 is 27.5 Å². The molecule has 0 fully saturated rings. The quantitative estimate of drug-likeness (QED) is 0.870. The predicted molar refractivity (Wildman–Crippen MR) is 87.9 cm³/mol. The minimum Gasteiger partial charge on any atom is -0.496 e. The Bertz CT molecular complexity index is 644. The number of nitrogens with one attached hydrogen (secondary N) is 2. The first kappa shape index (κ1) is 15.5. The maximum Gasteiger partial charge on any atom is 0.255 e. The van der Waals surface area contributed by atoms with Crippen molar-refractivity contribution in [2.24, 2.45) is 0 Å². The molecule has 0 aliphatic carbocycles. The molecule has 0 aliphatic heterocycles. The number of methoxy groups -OCH3 is 1. The summed E-state index contributed by atoms with van der Waals surface area (Å²) in [5, 5.41) is 5.98. The molecule has 4 nitrogen and oxygen atoms in total. The van der Waals surface area contributed by atoms with Gasteiger partial charge in [0.15, 0.2) is 0 Å². The lowest BCUT2D eigenvalue weighted by molar-refractivity contribution is 0.102. The van der Waals surface area contributed by atoms with Gasteiger partial charge in [0.25, 0.3) is 5.91 Å². The first-order valence-electron chi connectivity index (χ1n) is 6.52. The number of hydrogen-bond donors (Lipinski definition) is 2. The molecule has 5 heteroatoms. The highest BCUT2D eigenvalue weighted by Gasteiger charge is 2.09. The average Bonchev–Trinajstić information content (AvgIpc) is 2.48. The molecule has 0 aliphatic rings. The SMILES string of the molecule is CNCc1cccc(NC(=O)c2ccc(OC)c(Br)c2)c1. The van der Waals surface area contributed by atoms with Gasteiger partial charge in [0.1, 0.15) is 5.75 Å². The van der Waals surface area contributed by atoms with Crippen LogP contribution in [0.4, 0.5) is 5.69 Å². The summed E-state index contributed by atoms with van der Waals surface area (Å²) in [4.78, 5) is 12.2. The Labute approximate surface area is 132 Å². The van der Waals surface area contributed by atoms with E-state index in [1.807, 2.05) is 31.3 Å². The Hall–Kier alpha value is -1.85. The first-order valence-corrected chi connectivity index (χ1v) is 7.31. The molecule has 2 aromatic carbocycles. The number of hydrogen-bond acceptors (Lipinski definition) is 3. The van der Waals surface area contributed by atoms with E-state index in [1.165, 1.54) is 0 Å². The molecule has 2 aromatic rings. The molecule has 110 valence electrons. The fraction of sp³-hybridized carbons (Fsp3) is 0.188. The van der Waals surface area contributed by atoms with E-state index in [4.69, 9.17) is 4.74 Å². The predicted octanol–water partition coefficient (Wildman–Crippen LogP) is 3.43. The summed E-state index contributed by atoms with van der Waals surface area (Å²) in [5.41, 5.74) is 2.47. The van der Waals surface area contributed by atoms with Crippen molar-refractivity contribution in [3.63, 3.8) is 0 Å². The molecule has 0 saturated carbocycles. The lowest BCUT2D eigenvalue weighted by Crippen LogP contribution is -2.12. The second kappa shape index (κ2) is 7.24. The summed E-state index contributed by atoms with van der Waals surface area (Å²) in [7, 11) is 3.48. The fourth-order valence-electron chi connectivity index (χ4n) is 1.97. The third kappa shape index (κ3) is 4.06. The van der Waals surface area contributed by atoms with Crippen LogP contribution in [-0.2, 0) is 6.54 Å². The zero-order valence-corrected chi connectivity index (χ0v) is 13.5. The van der Waals surface area contributed by atoms with Gasteiger partial charge >= 0.3 is 0 Å². The molecular formula is C16H17BrN2O2. The maximum atomic E-state index is 12.2. The van der Waals surface area contributed by atoms with Crippen LogP contribution >= 0.6 is 15.9 Å². The number of amides is 1. The summed E-state index contributed by atoms with van der Waals surface area (Å²) < 4.78 is 5.91. The van der Waals surface area contributed by atoms with Crippen molar-refractivity contribution in [1.29, 1.82) is 0 Å². The average molecular weight is 349 g/mol. The number of carbonyl (C=O) groups excluding carboxylic acids is 1. The summed E-state index contributed by atoms with van der Waals surface area (Å²) in [6.07, 6.45) is 0. The van der Waals surface area contributed by atoms with Gasteiger partial charge in [0, 0.05) is 17.8 Å². The van der Waals surface area contributed by atoms with Crippen LogP contribution in [0.1, 0.15) is 15.9 Å². The number of benzene rings is 2. The van der Waals surface area contributed by atoms with Gasteiger partial charge in [-0.2, -0.15) is 0 Å². The van der Waals surface area contributed by atoms with Gasteiger partial charge in [0.2, 0.25) is 0 Å². The van der Waals surface area contributed by atoms with E-state index in [-0.39, 0.29) is 5.91 Å². The van der Waals surface area contributed by atoms with E-state index in [1.54, 1.807) is 25.3 Å². The molecule has 0 unspecified atom stereocenters. The monoisotopic (exact) mass is 348 g/mol. The molecule has 2 N–H and O–H groups in total. The van der Waals surface area contributed by atoms with E-state index < -0.39 is 0 Å². The molecule has 0 aromatic heterocycles. The second-order valence-electron chi connectivity index (χ2n) is 4.53. The third-order valence-electron chi connectivity index (χ3n) is 2.98. The Morgan fingerprint density at radius 3 is 2.71 bits per heavy atom. The molecular weight excluding hydrogens is 332 g/mol. The van der Waals surface area contributed by atoms with Crippen LogP contribution in [0.2, 0.25) is 0 Å². The van der Waals surface area contributed by atoms with E-state index in [2.05, 4.69) is 26.6 Å². The zero-order valence-electron chi connectivity index (χ0n) is 11.9. The van der Waals surface area contributed by atoms with Crippen LogP contribution in [0, 0.1) is 0 Å². The van der Waals surface area contributed by atoms with Crippen LogP contribution < -0.4 is 15.4 Å². The van der Waals surface area contributed by atoms with Crippen molar-refractivity contribution in [3.8, 4) is 5.75 Å². The van der Waals surface area contributed by atoms with Gasteiger partial charge in [-0.1, -0.05) is 12.1 Å².